The van der Waals surface area contributed by atoms with Gasteiger partial charge >= 0.3 is 0 Å². The maximum Gasteiger partial charge on any atom is 0.253 e. The summed E-state index contributed by atoms with van der Waals surface area (Å²) in [5, 5.41) is 3.00. The number of carbonyl (C=O) groups is 2. The Morgan fingerprint density at radius 1 is 1.35 bits per heavy atom. The van der Waals surface area contributed by atoms with Crippen molar-refractivity contribution in [2.45, 2.75) is 44.3 Å². The maximum absolute atomic E-state index is 12.7. The summed E-state index contributed by atoms with van der Waals surface area (Å²) in [6, 6.07) is 4.89. The zero-order valence-corrected chi connectivity index (χ0v) is 14.4. The van der Waals surface area contributed by atoms with Crippen LogP contribution in [0.5, 0.6) is 0 Å². The summed E-state index contributed by atoms with van der Waals surface area (Å²) in [6.45, 7) is 1.72. The van der Waals surface area contributed by atoms with Gasteiger partial charge in [-0.05, 0) is 37.0 Å². The minimum Gasteiger partial charge on any atom is -0.346 e. The molecule has 2 N–H and O–H groups in total. The molecule has 3 heterocycles. The summed E-state index contributed by atoms with van der Waals surface area (Å²) >= 11 is 0. The molecule has 1 aliphatic carbocycles. The van der Waals surface area contributed by atoms with E-state index in [2.05, 4.69) is 15.3 Å². The number of likely N-dealkylation sites (tertiary alicyclic amines) is 1. The molecule has 2 amide bonds. The fraction of sp³-hybridized carbons (Fsp3) is 0.368. The van der Waals surface area contributed by atoms with E-state index in [1.165, 1.54) is 12.3 Å². The third-order valence-electron chi connectivity index (χ3n) is 5.02. The van der Waals surface area contributed by atoms with E-state index >= 15 is 0 Å². The summed E-state index contributed by atoms with van der Waals surface area (Å²) < 4.78 is 0. The smallest absolute Gasteiger partial charge is 0.253 e. The second-order valence-electron chi connectivity index (χ2n) is 6.94. The Bertz CT molecular complexity index is 905. The fourth-order valence-electron chi connectivity index (χ4n) is 3.68. The van der Waals surface area contributed by atoms with Crippen molar-refractivity contribution in [3.63, 3.8) is 0 Å². The van der Waals surface area contributed by atoms with Gasteiger partial charge in [0.25, 0.3) is 5.91 Å². The molecule has 2 fully saturated rings. The number of nitrogens with one attached hydrogen (secondary N) is 2. The molecule has 0 radical (unpaired) electrons. The van der Waals surface area contributed by atoms with E-state index in [9.17, 15) is 14.4 Å². The van der Waals surface area contributed by atoms with Gasteiger partial charge in [-0.15, -0.1) is 0 Å². The highest BCUT2D eigenvalue weighted by atomic mass is 16.2. The summed E-state index contributed by atoms with van der Waals surface area (Å²) in [5.41, 5.74) is 1.69. The number of aromatic amines is 1. The molecule has 7 nitrogen and oxygen atoms in total. The van der Waals surface area contributed by atoms with Gasteiger partial charge in [0, 0.05) is 37.1 Å². The van der Waals surface area contributed by atoms with Gasteiger partial charge in [-0.3, -0.25) is 19.4 Å². The van der Waals surface area contributed by atoms with E-state index in [-0.39, 0.29) is 41.9 Å². The van der Waals surface area contributed by atoms with E-state index < -0.39 is 0 Å². The zero-order chi connectivity index (χ0) is 18.3. The molecule has 0 aromatic carbocycles. The first-order valence-electron chi connectivity index (χ1n) is 8.76. The molecule has 2 aromatic rings. The summed E-state index contributed by atoms with van der Waals surface area (Å²) in [6.07, 6.45) is 7.14. The van der Waals surface area contributed by atoms with Crippen molar-refractivity contribution >= 4 is 11.8 Å². The van der Waals surface area contributed by atoms with Crippen molar-refractivity contribution in [1.29, 1.82) is 0 Å². The molecule has 1 saturated carbocycles. The first kappa shape index (κ1) is 16.5. The largest absolute Gasteiger partial charge is 0.346 e. The van der Waals surface area contributed by atoms with Crippen molar-refractivity contribution in [3.05, 3.63) is 63.8 Å². The predicted octanol–water partition coefficient (Wildman–Crippen LogP) is 1.31. The number of aromatic nitrogens is 2. The number of nitrogens with zero attached hydrogens (tertiary/aromatic N) is 2. The Balaban J connectivity index is 1.62. The highest BCUT2D eigenvalue weighted by Crippen LogP contribution is 2.41. The zero-order valence-electron chi connectivity index (χ0n) is 14.4. The van der Waals surface area contributed by atoms with E-state index in [4.69, 9.17) is 0 Å². The van der Waals surface area contributed by atoms with Crippen LogP contribution in [-0.2, 0) is 4.79 Å². The third kappa shape index (κ3) is 3.00. The van der Waals surface area contributed by atoms with Crippen LogP contribution in [0.25, 0.3) is 0 Å². The molecule has 4 rings (SSSR count). The lowest BCUT2D eigenvalue weighted by Gasteiger charge is -2.29. The number of amides is 2. The van der Waals surface area contributed by atoms with Crippen LogP contribution in [0.15, 0.2) is 41.6 Å². The van der Waals surface area contributed by atoms with Crippen LogP contribution in [0.1, 0.15) is 46.8 Å². The lowest BCUT2D eigenvalue weighted by atomic mass is 10.0. The third-order valence-corrected chi connectivity index (χ3v) is 5.02. The highest BCUT2D eigenvalue weighted by Gasteiger charge is 2.47. The topological polar surface area (TPSA) is 95.2 Å². The number of rotatable bonds is 4. The Kier molecular flexibility index (Phi) is 4.06. The van der Waals surface area contributed by atoms with Crippen molar-refractivity contribution in [2.24, 2.45) is 0 Å². The van der Waals surface area contributed by atoms with E-state index in [1.807, 2.05) is 17.0 Å². The second kappa shape index (κ2) is 6.40. The van der Waals surface area contributed by atoms with Gasteiger partial charge < -0.3 is 15.2 Å². The molecule has 0 bridgehead atoms. The minimum absolute atomic E-state index is 0.0600. The van der Waals surface area contributed by atoms with Crippen LogP contribution in [0.2, 0.25) is 0 Å². The minimum atomic E-state index is -0.328. The van der Waals surface area contributed by atoms with Crippen LogP contribution in [0, 0.1) is 6.92 Å². The van der Waals surface area contributed by atoms with Gasteiger partial charge in [-0.1, -0.05) is 6.07 Å². The molecular weight excluding hydrogens is 332 g/mol. The summed E-state index contributed by atoms with van der Waals surface area (Å²) in [4.78, 5) is 45.3. The first-order valence-corrected chi connectivity index (χ1v) is 8.76. The number of hydrogen-bond acceptors (Lipinski definition) is 4. The molecule has 2 aromatic heterocycles. The Hall–Kier alpha value is -2.96. The number of H-pyrrole nitrogens is 1. The molecule has 2 atom stereocenters. The van der Waals surface area contributed by atoms with Gasteiger partial charge in [0.2, 0.25) is 11.5 Å². The Morgan fingerprint density at radius 3 is 2.81 bits per heavy atom. The maximum atomic E-state index is 12.7. The number of pyridine rings is 2. The molecule has 2 aliphatic rings. The van der Waals surface area contributed by atoms with Crippen molar-refractivity contribution in [3.8, 4) is 0 Å². The number of aryl methyl sites for hydroxylation is 1. The molecule has 7 heteroatoms. The van der Waals surface area contributed by atoms with E-state index in [0.29, 0.717) is 11.1 Å². The van der Waals surface area contributed by atoms with Crippen molar-refractivity contribution in [2.75, 3.05) is 0 Å². The first-order chi connectivity index (χ1) is 12.5. The quantitative estimate of drug-likeness (QED) is 0.867. The average molecular weight is 352 g/mol. The molecular formula is C19H20N4O3. The number of carbonyl (C=O) groups excluding carboxylic acids is 2. The molecule has 0 unspecified atom stereocenters. The monoisotopic (exact) mass is 352 g/mol. The Labute approximate surface area is 150 Å². The second-order valence-corrected chi connectivity index (χ2v) is 6.94. The molecule has 1 saturated heterocycles. The normalized spacial score (nSPS) is 22.5. The van der Waals surface area contributed by atoms with E-state index in [1.54, 1.807) is 19.3 Å². The fourth-order valence-corrected chi connectivity index (χ4v) is 3.68. The standard InChI is InChI=1S/C19H20N4O3/c1-11-7-16(24)21-10-14(11)19(26)22-15-8-17(25)23(13-4-5-13)18(15)12-3-2-6-20-9-12/h2-3,6-7,9-10,13,15,18H,4-5,8H2,1H3,(H,21,24)(H,22,26)/t15-,18+/m1/s1. The predicted molar refractivity (Wildman–Crippen MR) is 94.5 cm³/mol. The van der Waals surface area contributed by atoms with Crippen molar-refractivity contribution < 1.29 is 9.59 Å². The van der Waals surface area contributed by atoms with E-state index in [0.717, 1.165) is 18.4 Å². The van der Waals surface area contributed by atoms with Gasteiger partial charge in [0.15, 0.2) is 0 Å². The SMILES string of the molecule is Cc1cc(=O)[nH]cc1C(=O)N[C@@H]1CC(=O)N(C2CC2)[C@H]1c1cccnc1. The molecule has 0 spiro atoms. The van der Waals surface area contributed by atoms with Crippen LogP contribution >= 0.6 is 0 Å². The van der Waals surface area contributed by atoms with Crippen LogP contribution in [-0.4, -0.2) is 38.8 Å². The van der Waals surface area contributed by atoms with Crippen LogP contribution in [0.3, 0.4) is 0 Å². The molecule has 1 aliphatic heterocycles. The number of hydrogen-bond donors (Lipinski definition) is 2. The van der Waals surface area contributed by atoms with Crippen LogP contribution in [0.4, 0.5) is 0 Å². The Morgan fingerprint density at radius 2 is 2.15 bits per heavy atom. The van der Waals surface area contributed by atoms with Gasteiger partial charge in [-0.2, -0.15) is 0 Å². The summed E-state index contributed by atoms with van der Waals surface area (Å²) in [7, 11) is 0. The lowest BCUT2D eigenvalue weighted by molar-refractivity contribution is -0.129. The van der Waals surface area contributed by atoms with Crippen molar-refractivity contribution in [1.82, 2.24) is 20.2 Å². The van der Waals surface area contributed by atoms with Crippen LogP contribution < -0.4 is 10.9 Å². The molecule has 134 valence electrons. The highest BCUT2D eigenvalue weighted by molar-refractivity contribution is 5.96. The molecule has 26 heavy (non-hydrogen) atoms. The van der Waals surface area contributed by atoms with Gasteiger partial charge in [-0.25, -0.2) is 0 Å². The summed E-state index contributed by atoms with van der Waals surface area (Å²) in [5.74, 6) is -0.229. The average Bonchev–Trinajstić information content (AvgIpc) is 3.39. The van der Waals surface area contributed by atoms with Gasteiger partial charge in [0.1, 0.15) is 0 Å². The van der Waals surface area contributed by atoms with Gasteiger partial charge in [0.05, 0.1) is 17.6 Å². The lowest BCUT2D eigenvalue weighted by Crippen LogP contribution is -2.40.